The molecule has 5 nitrogen and oxygen atoms in total. The fourth-order valence-corrected chi connectivity index (χ4v) is 3.44. The van der Waals surface area contributed by atoms with Crippen LogP contribution in [0.3, 0.4) is 0 Å². The minimum absolute atomic E-state index is 0.0876. The topological polar surface area (TPSA) is 66.5 Å². The van der Waals surface area contributed by atoms with Crippen LogP contribution < -0.4 is 5.32 Å². The number of carbonyl (C=O) groups excluding carboxylic acids is 1. The molecule has 0 unspecified atom stereocenters. The largest absolute Gasteiger partial charge is 0.355 e. The molecule has 1 aliphatic carbocycles. The molecular formula is C13H26N2O3S. The Balaban J connectivity index is 2.33. The number of amides is 1. The van der Waals surface area contributed by atoms with Crippen LogP contribution in [0.5, 0.6) is 0 Å². The molecule has 0 spiro atoms. The van der Waals surface area contributed by atoms with E-state index in [-0.39, 0.29) is 11.8 Å². The number of hydrogen-bond donors (Lipinski definition) is 1. The molecule has 0 aromatic heterocycles. The van der Waals surface area contributed by atoms with E-state index in [0.29, 0.717) is 19.6 Å². The van der Waals surface area contributed by atoms with Gasteiger partial charge in [0.05, 0.1) is 6.26 Å². The summed E-state index contributed by atoms with van der Waals surface area (Å²) < 4.78 is 24.4. The van der Waals surface area contributed by atoms with Crippen LogP contribution in [0.4, 0.5) is 0 Å². The molecule has 112 valence electrons. The van der Waals surface area contributed by atoms with Crippen molar-refractivity contribution in [3.63, 3.8) is 0 Å². The van der Waals surface area contributed by atoms with E-state index < -0.39 is 10.0 Å². The smallest absolute Gasteiger partial charge is 0.223 e. The highest BCUT2D eigenvalue weighted by Gasteiger charge is 2.21. The SMILES string of the molecule is CCCN(CCNC(=O)C1CCCCC1)S(C)(=O)=O. The van der Waals surface area contributed by atoms with Gasteiger partial charge in [-0.3, -0.25) is 4.79 Å². The predicted octanol–water partition coefficient (Wildman–Crippen LogP) is 1.35. The summed E-state index contributed by atoms with van der Waals surface area (Å²) in [6.07, 6.45) is 7.41. The molecule has 0 bridgehead atoms. The first-order valence-electron chi connectivity index (χ1n) is 7.18. The molecule has 1 rings (SSSR count). The summed E-state index contributed by atoms with van der Waals surface area (Å²) in [6.45, 7) is 3.23. The Morgan fingerprint density at radius 2 is 1.84 bits per heavy atom. The van der Waals surface area contributed by atoms with Crippen LogP contribution >= 0.6 is 0 Å². The fraction of sp³-hybridized carbons (Fsp3) is 0.923. The minimum atomic E-state index is -3.17. The molecule has 19 heavy (non-hydrogen) atoms. The van der Waals surface area contributed by atoms with Crippen molar-refractivity contribution in [3.05, 3.63) is 0 Å². The predicted molar refractivity (Wildman–Crippen MR) is 76.3 cm³/mol. The molecule has 0 heterocycles. The summed E-state index contributed by atoms with van der Waals surface area (Å²) >= 11 is 0. The van der Waals surface area contributed by atoms with E-state index in [1.807, 2.05) is 6.92 Å². The van der Waals surface area contributed by atoms with Crippen molar-refractivity contribution in [1.82, 2.24) is 9.62 Å². The van der Waals surface area contributed by atoms with Crippen LogP contribution in [-0.2, 0) is 14.8 Å². The maximum absolute atomic E-state index is 11.9. The Labute approximate surface area is 116 Å². The molecule has 0 radical (unpaired) electrons. The third kappa shape index (κ3) is 5.91. The van der Waals surface area contributed by atoms with Gasteiger partial charge < -0.3 is 5.32 Å². The van der Waals surface area contributed by atoms with Crippen molar-refractivity contribution >= 4 is 15.9 Å². The average Bonchev–Trinajstić information content (AvgIpc) is 2.37. The van der Waals surface area contributed by atoms with Crippen molar-refractivity contribution in [2.45, 2.75) is 45.4 Å². The zero-order chi connectivity index (χ0) is 14.3. The summed E-state index contributed by atoms with van der Waals surface area (Å²) in [5.41, 5.74) is 0. The van der Waals surface area contributed by atoms with Gasteiger partial charge in [-0.2, -0.15) is 0 Å². The molecule has 1 amide bonds. The minimum Gasteiger partial charge on any atom is -0.355 e. The van der Waals surface area contributed by atoms with Crippen LogP contribution in [0.1, 0.15) is 45.4 Å². The molecule has 0 saturated heterocycles. The van der Waals surface area contributed by atoms with E-state index in [9.17, 15) is 13.2 Å². The number of carbonyl (C=O) groups is 1. The first-order chi connectivity index (χ1) is 8.95. The van der Waals surface area contributed by atoms with Crippen molar-refractivity contribution in [1.29, 1.82) is 0 Å². The Morgan fingerprint density at radius 3 is 2.37 bits per heavy atom. The van der Waals surface area contributed by atoms with E-state index in [4.69, 9.17) is 0 Å². The molecule has 0 atom stereocenters. The van der Waals surface area contributed by atoms with E-state index in [2.05, 4.69) is 5.32 Å². The number of sulfonamides is 1. The highest BCUT2D eigenvalue weighted by Crippen LogP contribution is 2.23. The summed E-state index contributed by atoms with van der Waals surface area (Å²) in [5.74, 6) is 0.219. The summed E-state index contributed by atoms with van der Waals surface area (Å²) in [5, 5.41) is 2.87. The van der Waals surface area contributed by atoms with Gasteiger partial charge in [-0.1, -0.05) is 26.2 Å². The molecule has 1 saturated carbocycles. The highest BCUT2D eigenvalue weighted by molar-refractivity contribution is 7.88. The second-order valence-corrected chi connectivity index (χ2v) is 7.27. The molecule has 1 aliphatic rings. The number of rotatable bonds is 7. The monoisotopic (exact) mass is 290 g/mol. The summed E-state index contributed by atoms with van der Waals surface area (Å²) in [4.78, 5) is 11.9. The zero-order valence-electron chi connectivity index (χ0n) is 12.0. The molecule has 1 N–H and O–H groups in total. The lowest BCUT2D eigenvalue weighted by Gasteiger charge is -2.22. The van der Waals surface area contributed by atoms with Crippen molar-refractivity contribution in [2.75, 3.05) is 25.9 Å². The van der Waals surface area contributed by atoms with E-state index in [1.165, 1.54) is 17.0 Å². The lowest BCUT2D eigenvalue weighted by molar-refractivity contribution is -0.125. The maximum Gasteiger partial charge on any atom is 0.223 e. The lowest BCUT2D eigenvalue weighted by atomic mass is 9.89. The second kappa shape index (κ2) is 7.85. The van der Waals surface area contributed by atoms with Crippen molar-refractivity contribution in [3.8, 4) is 0 Å². The van der Waals surface area contributed by atoms with Crippen molar-refractivity contribution in [2.24, 2.45) is 5.92 Å². The van der Waals surface area contributed by atoms with Gasteiger partial charge in [0.1, 0.15) is 0 Å². The number of nitrogens with one attached hydrogen (secondary N) is 1. The maximum atomic E-state index is 11.9. The Bertz CT molecular complexity index is 375. The molecule has 6 heteroatoms. The normalized spacial score (nSPS) is 17.6. The van der Waals surface area contributed by atoms with Gasteiger partial charge >= 0.3 is 0 Å². The van der Waals surface area contributed by atoms with Gasteiger partial charge in [0.2, 0.25) is 15.9 Å². The first kappa shape index (κ1) is 16.4. The molecule has 0 aromatic carbocycles. The first-order valence-corrected chi connectivity index (χ1v) is 9.02. The van der Waals surface area contributed by atoms with Crippen LogP contribution in [0.25, 0.3) is 0 Å². The average molecular weight is 290 g/mol. The van der Waals surface area contributed by atoms with Gasteiger partial charge in [-0.05, 0) is 19.3 Å². The van der Waals surface area contributed by atoms with Crippen molar-refractivity contribution < 1.29 is 13.2 Å². The number of hydrogen-bond acceptors (Lipinski definition) is 3. The van der Waals surface area contributed by atoms with Crippen LogP contribution in [0, 0.1) is 5.92 Å². The van der Waals surface area contributed by atoms with Gasteiger partial charge in [0.15, 0.2) is 0 Å². The Morgan fingerprint density at radius 1 is 1.21 bits per heavy atom. The van der Waals surface area contributed by atoms with Gasteiger partial charge in [0, 0.05) is 25.6 Å². The van der Waals surface area contributed by atoms with E-state index >= 15 is 0 Å². The summed E-state index contributed by atoms with van der Waals surface area (Å²) in [6, 6.07) is 0. The quantitative estimate of drug-likeness (QED) is 0.770. The fourth-order valence-electron chi connectivity index (χ4n) is 2.51. The number of nitrogens with zero attached hydrogens (tertiary/aromatic N) is 1. The third-order valence-corrected chi connectivity index (χ3v) is 4.88. The van der Waals surface area contributed by atoms with Gasteiger partial charge in [-0.25, -0.2) is 12.7 Å². The molecule has 0 aliphatic heterocycles. The Kier molecular flexibility index (Phi) is 6.79. The highest BCUT2D eigenvalue weighted by atomic mass is 32.2. The molecular weight excluding hydrogens is 264 g/mol. The standard InChI is InChI=1S/C13H26N2O3S/c1-3-10-15(19(2,17)18)11-9-14-13(16)12-7-5-4-6-8-12/h12H,3-11H2,1-2H3,(H,14,16). The third-order valence-electron chi connectivity index (χ3n) is 3.58. The summed E-state index contributed by atoms with van der Waals surface area (Å²) in [7, 11) is -3.17. The van der Waals surface area contributed by atoms with Gasteiger partial charge in [-0.15, -0.1) is 0 Å². The molecule has 0 aromatic rings. The lowest BCUT2D eigenvalue weighted by Crippen LogP contribution is -2.40. The van der Waals surface area contributed by atoms with Gasteiger partial charge in [0.25, 0.3) is 0 Å². The van der Waals surface area contributed by atoms with E-state index in [1.54, 1.807) is 0 Å². The van der Waals surface area contributed by atoms with Crippen LogP contribution in [-0.4, -0.2) is 44.5 Å². The van der Waals surface area contributed by atoms with E-state index in [0.717, 1.165) is 32.1 Å². The van der Waals surface area contributed by atoms with Crippen LogP contribution in [0.2, 0.25) is 0 Å². The Hall–Kier alpha value is -0.620. The second-order valence-electron chi connectivity index (χ2n) is 5.29. The van der Waals surface area contributed by atoms with Crippen LogP contribution in [0.15, 0.2) is 0 Å². The molecule has 1 fully saturated rings. The zero-order valence-corrected chi connectivity index (χ0v) is 12.8.